The minimum Gasteiger partial charge on any atom is -0.480 e. The van der Waals surface area contributed by atoms with Gasteiger partial charge >= 0.3 is 5.97 Å². The Labute approximate surface area is 120 Å². The monoisotopic (exact) mass is 308 g/mol. The Morgan fingerprint density at radius 2 is 1.90 bits per heavy atom. The molecule has 0 atom stereocenters. The SMILES string of the molecule is CS(=O)(=O)c1cc(=O)n(CC(=O)O)nc1-c1ccccc1. The van der Waals surface area contributed by atoms with Gasteiger partial charge in [-0.15, -0.1) is 0 Å². The quantitative estimate of drug-likeness (QED) is 0.876. The van der Waals surface area contributed by atoms with Gasteiger partial charge in [0, 0.05) is 17.9 Å². The van der Waals surface area contributed by atoms with Crippen molar-refractivity contribution in [3.05, 3.63) is 46.8 Å². The van der Waals surface area contributed by atoms with Crippen LogP contribution in [0.15, 0.2) is 46.1 Å². The van der Waals surface area contributed by atoms with E-state index < -0.39 is 27.9 Å². The third-order valence-electron chi connectivity index (χ3n) is 2.69. The zero-order valence-electron chi connectivity index (χ0n) is 11.1. The second-order valence-corrected chi connectivity index (χ2v) is 6.37. The lowest BCUT2D eigenvalue weighted by Crippen LogP contribution is -2.28. The smallest absolute Gasteiger partial charge is 0.325 e. The van der Waals surface area contributed by atoms with Crippen LogP contribution in [-0.4, -0.2) is 35.5 Å². The molecule has 2 rings (SSSR count). The van der Waals surface area contributed by atoms with Crippen molar-refractivity contribution in [2.75, 3.05) is 6.26 Å². The Bertz CT molecular complexity index is 841. The average Bonchev–Trinajstić information content (AvgIpc) is 2.40. The van der Waals surface area contributed by atoms with E-state index in [2.05, 4.69) is 5.10 Å². The highest BCUT2D eigenvalue weighted by molar-refractivity contribution is 7.90. The van der Waals surface area contributed by atoms with Gasteiger partial charge in [0.25, 0.3) is 5.56 Å². The van der Waals surface area contributed by atoms with Crippen molar-refractivity contribution in [1.29, 1.82) is 0 Å². The fourth-order valence-electron chi connectivity index (χ4n) is 1.79. The number of carboxylic acid groups (broad SMARTS) is 1. The molecule has 0 aliphatic carbocycles. The molecule has 8 heteroatoms. The molecule has 0 aliphatic rings. The lowest BCUT2D eigenvalue weighted by Gasteiger charge is -2.09. The molecule has 110 valence electrons. The highest BCUT2D eigenvalue weighted by atomic mass is 32.2. The third-order valence-corrected chi connectivity index (χ3v) is 3.80. The van der Waals surface area contributed by atoms with Gasteiger partial charge in [0.2, 0.25) is 0 Å². The topological polar surface area (TPSA) is 106 Å². The average molecular weight is 308 g/mol. The molecule has 7 nitrogen and oxygen atoms in total. The fourth-order valence-corrected chi connectivity index (χ4v) is 2.62. The number of hydrogen-bond acceptors (Lipinski definition) is 5. The summed E-state index contributed by atoms with van der Waals surface area (Å²) in [5, 5.41) is 12.7. The fraction of sp³-hybridized carbons (Fsp3) is 0.154. The molecule has 1 N–H and O–H groups in total. The van der Waals surface area contributed by atoms with E-state index in [9.17, 15) is 18.0 Å². The van der Waals surface area contributed by atoms with Crippen molar-refractivity contribution in [3.8, 4) is 11.3 Å². The molecule has 0 unspecified atom stereocenters. The molecule has 1 aromatic heterocycles. The molecule has 0 fully saturated rings. The first kappa shape index (κ1) is 14.9. The first-order valence-corrected chi connectivity index (χ1v) is 7.77. The van der Waals surface area contributed by atoms with Crippen molar-refractivity contribution in [3.63, 3.8) is 0 Å². The number of sulfone groups is 1. The Morgan fingerprint density at radius 3 is 2.43 bits per heavy atom. The van der Waals surface area contributed by atoms with Gasteiger partial charge in [-0.25, -0.2) is 13.1 Å². The van der Waals surface area contributed by atoms with Crippen molar-refractivity contribution in [1.82, 2.24) is 9.78 Å². The normalized spacial score (nSPS) is 11.3. The molecule has 0 amide bonds. The van der Waals surface area contributed by atoms with Gasteiger partial charge in [-0.1, -0.05) is 30.3 Å². The van der Waals surface area contributed by atoms with Crippen molar-refractivity contribution < 1.29 is 18.3 Å². The molecule has 0 spiro atoms. The first-order valence-electron chi connectivity index (χ1n) is 5.88. The van der Waals surface area contributed by atoms with Gasteiger partial charge in [-0.2, -0.15) is 5.10 Å². The summed E-state index contributed by atoms with van der Waals surface area (Å²) in [6, 6.07) is 9.29. The molecular weight excluding hydrogens is 296 g/mol. The van der Waals surface area contributed by atoms with Gasteiger partial charge in [0.05, 0.1) is 0 Å². The van der Waals surface area contributed by atoms with Crippen LogP contribution in [0.25, 0.3) is 11.3 Å². The Balaban J connectivity index is 2.76. The van der Waals surface area contributed by atoms with Crippen LogP contribution >= 0.6 is 0 Å². The van der Waals surface area contributed by atoms with Gasteiger partial charge in [0.1, 0.15) is 17.1 Å². The number of carboxylic acids is 1. The van der Waals surface area contributed by atoms with E-state index in [1.165, 1.54) is 0 Å². The van der Waals surface area contributed by atoms with Crippen LogP contribution in [0.1, 0.15) is 0 Å². The lowest BCUT2D eigenvalue weighted by molar-refractivity contribution is -0.138. The summed E-state index contributed by atoms with van der Waals surface area (Å²) in [6.07, 6.45) is 0.970. The zero-order chi connectivity index (χ0) is 15.6. The van der Waals surface area contributed by atoms with Crippen LogP contribution in [0.5, 0.6) is 0 Å². The van der Waals surface area contributed by atoms with Crippen LogP contribution in [0.3, 0.4) is 0 Å². The van der Waals surface area contributed by atoms with E-state index in [0.717, 1.165) is 17.0 Å². The number of rotatable bonds is 4. The highest BCUT2D eigenvalue weighted by Gasteiger charge is 2.19. The predicted octanol–water partition coefficient (Wildman–Crippen LogP) is 0.398. The lowest BCUT2D eigenvalue weighted by atomic mass is 10.1. The summed E-state index contributed by atoms with van der Waals surface area (Å²) in [5.74, 6) is -1.24. The van der Waals surface area contributed by atoms with E-state index in [4.69, 9.17) is 5.11 Å². The molecule has 0 saturated carbocycles. The van der Waals surface area contributed by atoms with Gasteiger partial charge in [0.15, 0.2) is 9.84 Å². The summed E-state index contributed by atoms with van der Waals surface area (Å²) < 4.78 is 24.3. The minimum absolute atomic E-state index is 0.0546. The maximum Gasteiger partial charge on any atom is 0.325 e. The number of hydrogen-bond donors (Lipinski definition) is 1. The standard InChI is InChI=1S/C13H12N2O5S/c1-21(19,20)10-7-11(16)15(8-12(17)18)14-13(10)9-5-3-2-4-6-9/h2-7H,8H2,1H3,(H,17,18). The molecule has 0 aliphatic heterocycles. The van der Waals surface area contributed by atoms with Crippen molar-refractivity contribution in [2.24, 2.45) is 0 Å². The van der Waals surface area contributed by atoms with Crippen LogP contribution in [0, 0.1) is 0 Å². The minimum atomic E-state index is -3.67. The van der Waals surface area contributed by atoms with Crippen molar-refractivity contribution in [2.45, 2.75) is 11.4 Å². The maximum atomic E-state index is 11.8. The summed E-state index contributed by atoms with van der Waals surface area (Å²) in [6.45, 7) is -0.636. The van der Waals surface area contributed by atoms with E-state index in [0.29, 0.717) is 5.56 Å². The predicted molar refractivity (Wildman–Crippen MR) is 74.7 cm³/mol. The summed E-state index contributed by atoms with van der Waals surface area (Å²) >= 11 is 0. The first-order chi connectivity index (χ1) is 9.79. The molecule has 21 heavy (non-hydrogen) atoms. The van der Waals surface area contributed by atoms with E-state index in [1.54, 1.807) is 30.3 Å². The molecule has 1 heterocycles. The van der Waals surface area contributed by atoms with E-state index in [-0.39, 0.29) is 10.6 Å². The van der Waals surface area contributed by atoms with E-state index >= 15 is 0 Å². The van der Waals surface area contributed by atoms with Crippen LogP contribution in [-0.2, 0) is 21.2 Å². The second kappa shape index (κ2) is 5.49. The maximum absolute atomic E-state index is 11.8. The zero-order valence-corrected chi connectivity index (χ0v) is 11.9. The van der Waals surface area contributed by atoms with E-state index in [1.807, 2.05) is 0 Å². The van der Waals surface area contributed by atoms with Gasteiger partial charge in [-0.05, 0) is 0 Å². The Morgan fingerprint density at radius 1 is 1.29 bits per heavy atom. The molecular formula is C13H12N2O5S. The Hall–Kier alpha value is -2.48. The molecule has 0 saturated heterocycles. The largest absolute Gasteiger partial charge is 0.480 e. The second-order valence-electron chi connectivity index (χ2n) is 4.39. The molecule has 0 bridgehead atoms. The molecule has 1 aromatic carbocycles. The Kier molecular flexibility index (Phi) is 3.90. The van der Waals surface area contributed by atoms with Crippen LogP contribution < -0.4 is 5.56 Å². The number of nitrogens with zero attached hydrogens (tertiary/aromatic N) is 2. The van der Waals surface area contributed by atoms with Crippen molar-refractivity contribution >= 4 is 15.8 Å². The molecule has 0 radical (unpaired) electrons. The summed E-state index contributed by atoms with van der Waals surface area (Å²) in [7, 11) is -3.67. The summed E-state index contributed by atoms with van der Waals surface area (Å²) in [4.78, 5) is 22.3. The summed E-state index contributed by atoms with van der Waals surface area (Å²) in [5.41, 5.74) is -0.242. The third kappa shape index (κ3) is 3.34. The van der Waals surface area contributed by atoms with Crippen LogP contribution in [0.2, 0.25) is 0 Å². The van der Waals surface area contributed by atoms with Crippen LogP contribution in [0.4, 0.5) is 0 Å². The number of benzene rings is 1. The van der Waals surface area contributed by atoms with Gasteiger partial charge in [-0.3, -0.25) is 9.59 Å². The van der Waals surface area contributed by atoms with Gasteiger partial charge < -0.3 is 5.11 Å². The number of aromatic nitrogens is 2. The molecule has 2 aromatic rings. The number of aliphatic carboxylic acids is 1. The number of carbonyl (C=O) groups is 1. The highest BCUT2D eigenvalue weighted by Crippen LogP contribution is 2.23.